The topological polar surface area (TPSA) is 74.3 Å². The number of esters is 1. The molecule has 2 aromatic carbocycles. The summed E-state index contributed by atoms with van der Waals surface area (Å²) in [6, 6.07) is 13.4. The minimum absolute atomic E-state index is 0.175. The number of likely N-dealkylation sites (tertiary alicyclic amines) is 1. The first kappa shape index (κ1) is 22.5. The Morgan fingerprint density at radius 3 is 2.13 bits per heavy atom. The Morgan fingerprint density at radius 2 is 1.52 bits per heavy atom. The van der Waals surface area contributed by atoms with E-state index in [4.69, 9.17) is 18.9 Å². The maximum absolute atomic E-state index is 12.6. The van der Waals surface area contributed by atoms with Crippen LogP contribution in [0.15, 0.2) is 42.5 Å². The molecule has 1 fully saturated rings. The van der Waals surface area contributed by atoms with Crippen LogP contribution in [0, 0.1) is 5.92 Å². The highest BCUT2D eigenvalue weighted by Gasteiger charge is 2.25. The van der Waals surface area contributed by atoms with Gasteiger partial charge in [-0.3, -0.25) is 4.79 Å². The highest BCUT2D eigenvalue weighted by Crippen LogP contribution is 2.35. The predicted octanol–water partition coefficient (Wildman–Crippen LogP) is 3.35. The van der Waals surface area contributed by atoms with Crippen LogP contribution in [-0.2, 0) is 16.0 Å². The van der Waals surface area contributed by atoms with E-state index >= 15 is 0 Å². The number of amides is 1. The van der Waals surface area contributed by atoms with Crippen molar-refractivity contribution in [3.8, 4) is 17.2 Å². The zero-order chi connectivity index (χ0) is 22.2. The van der Waals surface area contributed by atoms with Crippen molar-refractivity contribution in [3.63, 3.8) is 0 Å². The number of hydrogen-bond acceptors (Lipinski definition) is 6. The van der Waals surface area contributed by atoms with Gasteiger partial charge in [-0.2, -0.15) is 0 Å². The SMILES string of the molecule is COc1cc(OC)c(C(=O)OCC(=O)N2CCC(Cc3ccccc3)CC2)cc1OC. The molecule has 0 bridgehead atoms. The van der Waals surface area contributed by atoms with E-state index < -0.39 is 5.97 Å². The molecule has 7 heteroatoms. The molecule has 0 unspecified atom stereocenters. The number of hydrogen-bond donors (Lipinski definition) is 0. The zero-order valence-electron chi connectivity index (χ0n) is 18.3. The normalized spacial score (nSPS) is 14.1. The Balaban J connectivity index is 1.52. The lowest BCUT2D eigenvalue weighted by Gasteiger charge is -2.32. The van der Waals surface area contributed by atoms with Gasteiger partial charge in [-0.25, -0.2) is 4.79 Å². The number of piperidine rings is 1. The Labute approximate surface area is 182 Å². The van der Waals surface area contributed by atoms with Crippen molar-refractivity contribution in [2.45, 2.75) is 19.3 Å². The Kier molecular flexibility index (Phi) is 7.76. The third kappa shape index (κ3) is 5.69. The van der Waals surface area contributed by atoms with Crippen LogP contribution >= 0.6 is 0 Å². The first-order valence-corrected chi connectivity index (χ1v) is 10.3. The molecule has 1 aliphatic heterocycles. The first-order valence-electron chi connectivity index (χ1n) is 10.3. The summed E-state index contributed by atoms with van der Waals surface area (Å²) in [6.07, 6.45) is 2.91. The van der Waals surface area contributed by atoms with Gasteiger partial charge < -0.3 is 23.8 Å². The summed E-state index contributed by atoms with van der Waals surface area (Å²) in [4.78, 5) is 26.9. The molecule has 166 valence electrons. The highest BCUT2D eigenvalue weighted by molar-refractivity contribution is 5.95. The summed E-state index contributed by atoms with van der Waals surface area (Å²) in [5.74, 6) is 0.824. The molecule has 0 N–H and O–H groups in total. The van der Waals surface area contributed by atoms with Crippen LogP contribution in [-0.4, -0.2) is 57.8 Å². The monoisotopic (exact) mass is 427 g/mol. The van der Waals surface area contributed by atoms with E-state index in [1.54, 1.807) is 11.0 Å². The quantitative estimate of drug-likeness (QED) is 0.602. The summed E-state index contributed by atoms with van der Waals surface area (Å²) >= 11 is 0. The van der Waals surface area contributed by atoms with E-state index in [-0.39, 0.29) is 23.8 Å². The fourth-order valence-corrected chi connectivity index (χ4v) is 3.82. The summed E-state index contributed by atoms with van der Waals surface area (Å²) in [5.41, 5.74) is 1.50. The molecule has 7 nitrogen and oxygen atoms in total. The fourth-order valence-electron chi connectivity index (χ4n) is 3.82. The van der Waals surface area contributed by atoms with Gasteiger partial charge in [0.2, 0.25) is 0 Å². The third-order valence-electron chi connectivity index (χ3n) is 5.59. The predicted molar refractivity (Wildman–Crippen MR) is 116 cm³/mol. The summed E-state index contributed by atoms with van der Waals surface area (Å²) in [6.45, 7) is 1.04. The van der Waals surface area contributed by atoms with E-state index in [0.29, 0.717) is 30.5 Å². The van der Waals surface area contributed by atoms with Crippen LogP contribution in [0.4, 0.5) is 0 Å². The van der Waals surface area contributed by atoms with Gasteiger partial charge in [0.25, 0.3) is 5.91 Å². The standard InChI is InChI=1S/C24H29NO6/c1-28-20-15-22(30-3)21(29-2)14-19(20)24(27)31-16-23(26)25-11-9-18(10-12-25)13-17-7-5-4-6-8-17/h4-8,14-15,18H,9-13,16H2,1-3H3. The van der Waals surface area contributed by atoms with Crippen LogP contribution in [0.25, 0.3) is 0 Å². The van der Waals surface area contributed by atoms with E-state index in [1.165, 1.54) is 33.0 Å². The van der Waals surface area contributed by atoms with Crippen molar-refractivity contribution in [1.82, 2.24) is 4.90 Å². The Bertz CT molecular complexity index is 890. The average Bonchev–Trinajstić information content (AvgIpc) is 2.82. The zero-order valence-corrected chi connectivity index (χ0v) is 18.3. The van der Waals surface area contributed by atoms with Gasteiger partial charge >= 0.3 is 5.97 Å². The largest absolute Gasteiger partial charge is 0.496 e. The molecule has 0 atom stereocenters. The molecular weight excluding hydrogens is 398 g/mol. The van der Waals surface area contributed by atoms with Gasteiger partial charge in [0, 0.05) is 25.2 Å². The number of carbonyl (C=O) groups excluding carboxylic acids is 2. The van der Waals surface area contributed by atoms with Crippen LogP contribution in [0.1, 0.15) is 28.8 Å². The summed E-state index contributed by atoms with van der Waals surface area (Å²) in [5, 5.41) is 0. The highest BCUT2D eigenvalue weighted by atomic mass is 16.5. The van der Waals surface area contributed by atoms with Gasteiger partial charge in [-0.05, 0) is 30.7 Å². The molecule has 3 rings (SSSR count). The average molecular weight is 427 g/mol. The van der Waals surface area contributed by atoms with E-state index in [1.807, 2.05) is 6.07 Å². The molecule has 1 aliphatic rings. The van der Waals surface area contributed by atoms with Gasteiger partial charge in [0.1, 0.15) is 11.3 Å². The molecule has 0 spiro atoms. The van der Waals surface area contributed by atoms with Crippen LogP contribution in [0.3, 0.4) is 0 Å². The molecule has 0 aromatic heterocycles. The number of carbonyl (C=O) groups is 2. The van der Waals surface area contributed by atoms with Crippen molar-refractivity contribution in [2.75, 3.05) is 41.0 Å². The van der Waals surface area contributed by atoms with Crippen molar-refractivity contribution in [1.29, 1.82) is 0 Å². The Morgan fingerprint density at radius 1 is 0.903 bits per heavy atom. The molecule has 0 radical (unpaired) electrons. The minimum atomic E-state index is -0.648. The van der Waals surface area contributed by atoms with Crippen molar-refractivity contribution in [2.24, 2.45) is 5.92 Å². The number of rotatable bonds is 8. The second kappa shape index (κ2) is 10.7. The number of methoxy groups -OCH3 is 3. The first-order chi connectivity index (χ1) is 15.0. The summed E-state index contributed by atoms with van der Waals surface area (Å²) < 4.78 is 21.0. The second-order valence-electron chi connectivity index (χ2n) is 7.50. The number of nitrogens with zero attached hydrogens (tertiary/aromatic N) is 1. The number of benzene rings is 2. The fraction of sp³-hybridized carbons (Fsp3) is 0.417. The lowest BCUT2D eigenvalue weighted by Crippen LogP contribution is -2.41. The maximum atomic E-state index is 12.6. The molecule has 2 aromatic rings. The lowest BCUT2D eigenvalue weighted by atomic mass is 9.90. The van der Waals surface area contributed by atoms with Gasteiger partial charge in [0.05, 0.1) is 21.3 Å². The van der Waals surface area contributed by atoms with Gasteiger partial charge in [-0.1, -0.05) is 30.3 Å². The smallest absolute Gasteiger partial charge is 0.342 e. The number of ether oxygens (including phenoxy) is 4. The van der Waals surface area contributed by atoms with Gasteiger partial charge in [-0.15, -0.1) is 0 Å². The summed E-state index contributed by atoms with van der Waals surface area (Å²) in [7, 11) is 4.42. The van der Waals surface area contributed by atoms with E-state index in [9.17, 15) is 9.59 Å². The minimum Gasteiger partial charge on any atom is -0.496 e. The van der Waals surface area contributed by atoms with Crippen LogP contribution < -0.4 is 14.2 Å². The molecule has 1 heterocycles. The van der Waals surface area contributed by atoms with Crippen LogP contribution in [0.2, 0.25) is 0 Å². The van der Waals surface area contributed by atoms with Crippen molar-refractivity contribution in [3.05, 3.63) is 53.6 Å². The van der Waals surface area contributed by atoms with Gasteiger partial charge in [0.15, 0.2) is 18.1 Å². The molecule has 0 saturated carbocycles. The molecule has 31 heavy (non-hydrogen) atoms. The van der Waals surface area contributed by atoms with E-state index in [2.05, 4.69) is 24.3 Å². The molecular formula is C24H29NO6. The van der Waals surface area contributed by atoms with E-state index in [0.717, 1.165) is 19.3 Å². The lowest BCUT2D eigenvalue weighted by molar-refractivity contribution is -0.135. The van der Waals surface area contributed by atoms with Crippen LogP contribution in [0.5, 0.6) is 17.2 Å². The van der Waals surface area contributed by atoms with Crippen molar-refractivity contribution < 1.29 is 28.5 Å². The second-order valence-corrected chi connectivity index (χ2v) is 7.50. The molecule has 1 saturated heterocycles. The maximum Gasteiger partial charge on any atom is 0.342 e. The van der Waals surface area contributed by atoms with Crippen molar-refractivity contribution >= 4 is 11.9 Å². The molecule has 1 amide bonds. The third-order valence-corrected chi connectivity index (χ3v) is 5.59. The Hall–Kier alpha value is -3.22. The molecule has 0 aliphatic carbocycles.